The quantitative estimate of drug-likeness (QED) is 0.709. The van der Waals surface area contributed by atoms with Crippen LogP contribution in [-0.2, 0) is 10.2 Å². The molecule has 8 heteroatoms. The number of aromatic nitrogens is 2. The van der Waals surface area contributed by atoms with Crippen molar-refractivity contribution in [1.29, 1.82) is 0 Å². The number of carbonyl (C=O) groups is 1. The number of nitrogens with zero attached hydrogens (tertiary/aromatic N) is 3. The smallest absolute Gasteiger partial charge is 0.253 e. The molecule has 3 heterocycles. The molecule has 1 amide bonds. The summed E-state index contributed by atoms with van der Waals surface area (Å²) in [6.45, 7) is 2.50. The van der Waals surface area contributed by atoms with Gasteiger partial charge in [0.15, 0.2) is 17.5 Å². The van der Waals surface area contributed by atoms with E-state index in [-0.39, 0.29) is 22.8 Å². The van der Waals surface area contributed by atoms with Gasteiger partial charge in [0.2, 0.25) is 5.89 Å². The molecule has 1 aliphatic carbocycles. The van der Waals surface area contributed by atoms with Gasteiger partial charge >= 0.3 is 0 Å². The van der Waals surface area contributed by atoms with Crippen LogP contribution < -0.4 is 0 Å². The minimum absolute atomic E-state index is 0.176. The van der Waals surface area contributed by atoms with Crippen molar-refractivity contribution in [2.24, 2.45) is 5.92 Å². The third-order valence-corrected chi connectivity index (χ3v) is 7.04. The minimum Gasteiger partial charge on any atom is -0.381 e. The molecular weight excluding hydrogens is 404 g/mol. The lowest BCUT2D eigenvalue weighted by atomic mass is 9.73. The Morgan fingerprint density at radius 1 is 1.10 bits per heavy atom. The Bertz CT molecular complexity index is 945. The first-order valence-corrected chi connectivity index (χ1v) is 11.2. The van der Waals surface area contributed by atoms with Crippen molar-refractivity contribution < 1.29 is 22.8 Å². The van der Waals surface area contributed by atoms with Gasteiger partial charge in [0.25, 0.3) is 5.91 Å². The zero-order valence-electron chi connectivity index (χ0n) is 17.5. The summed E-state index contributed by atoms with van der Waals surface area (Å²) < 4.78 is 37.9. The Balaban J connectivity index is 1.32. The molecule has 3 fully saturated rings. The van der Waals surface area contributed by atoms with Crippen molar-refractivity contribution in [3.05, 3.63) is 47.1 Å². The first-order valence-electron chi connectivity index (χ1n) is 11.2. The highest BCUT2D eigenvalue weighted by Crippen LogP contribution is 2.47. The van der Waals surface area contributed by atoms with E-state index >= 15 is 0 Å². The van der Waals surface area contributed by atoms with Crippen LogP contribution in [0.25, 0.3) is 0 Å². The third kappa shape index (κ3) is 4.22. The number of halogens is 2. The Kier molecular flexibility index (Phi) is 5.50. The first-order chi connectivity index (χ1) is 15.0. The monoisotopic (exact) mass is 431 g/mol. The maximum absolute atomic E-state index is 13.6. The number of benzene rings is 1. The van der Waals surface area contributed by atoms with Gasteiger partial charge in [-0.1, -0.05) is 18.0 Å². The topological polar surface area (TPSA) is 68.5 Å². The number of piperidine rings is 1. The number of likely N-dealkylation sites (tertiary alicyclic amines) is 1. The van der Waals surface area contributed by atoms with Gasteiger partial charge < -0.3 is 14.2 Å². The number of hydrogen-bond acceptors (Lipinski definition) is 5. The Labute approximate surface area is 179 Å². The third-order valence-electron chi connectivity index (χ3n) is 7.04. The predicted molar refractivity (Wildman–Crippen MR) is 108 cm³/mol. The molecule has 2 aromatic rings. The van der Waals surface area contributed by atoms with Crippen molar-refractivity contribution in [3.8, 4) is 0 Å². The summed E-state index contributed by atoms with van der Waals surface area (Å²) >= 11 is 0. The first kappa shape index (κ1) is 20.5. The highest BCUT2D eigenvalue weighted by atomic mass is 19.2. The molecular formula is C23H27F2N3O3. The fraction of sp³-hybridized carbons (Fsp3) is 0.609. The van der Waals surface area contributed by atoms with Crippen LogP contribution in [0.4, 0.5) is 8.78 Å². The Morgan fingerprint density at radius 3 is 2.52 bits per heavy atom. The molecule has 0 radical (unpaired) electrons. The van der Waals surface area contributed by atoms with Gasteiger partial charge in [-0.2, -0.15) is 4.98 Å². The van der Waals surface area contributed by atoms with Gasteiger partial charge in [0, 0.05) is 43.2 Å². The summed E-state index contributed by atoms with van der Waals surface area (Å²) in [5.41, 5.74) is -0.0196. The van der Waals surface area contributed by atoms with Crippen LogP contribution in [0.2, 0.25) is 0 Å². The lowest BCUT2D eigenvalue weighted by Gasteiger charge is -2.40. The molecule has 166 valence electrons. The van der Waals surface area contributed by atoms with E-state index in [0.717, 1.165) is 63.3 Å². The second-order valence-electron chi connectivity index (χ2n) is 9.19. The molecule has 6 nitrogen and oxygen atoms in total. The molecule has 1 aromatic carbocycles. The highest BCUT2D eigenvalue weighted by molar-refractivity contribution is 5.94. The van der Waals surface area contributed by atoms with Gasteiger partial charge in [-0.05, 0) is 56.2 Å². The zero-order valence-corrected chi connectivity index (χ0v) is 17.5. The van der Waals surface area contributed by atoms with Crippen molar-refractivity contribution >= 4 is 5.91 Å². The van der Waals surface area contributed by atoms with E-state index in [2.05, 4.69) is 5.16 Å². The van der Waals surface area contributed by atoms with E-state index in [1.807, 2.05) is 0 Å². The molecule has 0 unspecified atom stereocenters. The second-order valence-corrected chi connectivity index (χ2v) is 9.19. The van der Waals surface area contributed by atoms with Crippen molar-refractivity contribution in [3.63, 3.8) is 0 Å². The fourth-order valence-electron chi connectivity index (χ4n) is 4.90. The van der Waals surface area contributed by atoms with Crippen LogP contribution in [0.15, 0.2) is 22.7 Å². The number of ether oxygens (including phenoxy) is 1. The highest BCUT2D eigenvalue weighted by Gasteiger charge is 2.45. The average molecular weight is 431 g/mol. The Morgan fingerprint density at radius 2 is 1.84 bits per heavy atom. The number of rotatable bonds is 5. The number of amides is 1. The summed E-state index contributed by atoms with van der Waals surface area (Å²) in [7, 11) is 0. The summed E-state index contributed by atoms with van der Waals surface area (Å²) in [5, 5.41) is 4.40. The van der Waals surface area contributed by atoms with E-state index in [9.17, 15) is 13.6 Å². The summed E-state index contributed by atoms with van der Waals surface area (Å²) in [5.74, 6) is 0.181. The molecule has 0 bridgehead atoms. The fourth-order valence-corrected chi connectivity index (χ4v) is 4.90. The van der Waals surface area contributed by atoms with E-state index in [1.54, 1.807) is 4.90 Å². The van der Waals surface area contributed by atoms with Crippen molar-refractivity contribution in [1.82, 2.24) is 15.0 Å². The molecule has 3 aliphatic rings. The standard InChI is InChI=1S/C23H27F2N3O3/c24-18-4-3-17(13-19(18)25)21(29)28-9-7-23(8-10-28,14-15-1-2-15)22-26-20(31-27-22)16-5-11-30-12-6-16/h3-4,13,15-16H,1-2,5-12,14H2. The largest absolute Gasteiger partial charge is 0.381 e. The normalized spacial score (nSPS) is 21.9. The van der Waals surface area contributed by atoms with Gasteiger partial charge in [0.05, 0.1) is 0 Å². The van der Waals surface area contributed by atoms with E-state index in [4.69, 9.17) is 14.2 Å². The molecule has 0 spiro atoms. The second kappa shape index (κ2) is 8.30. The molecule has 0 N–H and O–H groups in total. The van der Waals surface area contributed by atoms with E-state index in [0.29, 0.717) is 24.9 Å². The lowest BCUT2D eigenvalue weighted by molar-refractivity contribution is 0.0644. The molecule has 0 atom stereocenters. The minimum atomic E-state index is -1.00. The van der Waals surface area contributed by atoms with Crippen LogP contribution in [0.5, 0.6) is 0 Å². The van der Waals surface area contributed by atoms with Crippen LogP contribution in [0.1, 0.15) is 72.9 Å². The van der Waals surface area contributed by atoms with Gasteiger partial charge in [0.1, 0.15) is 0 Å². The van der Waals surface area contributed by atoms with Gasteiger partial charge in [-0.25, -0.2) is 8.78 Å². The van der Waals surface area contributed by atoms with Crippen LogP contribution in [0.3, 0.4) is 0 Å². The van der Waals surface area contributed by atoms with Crippen LogP contribution in [0, 0.1) is 17.6 Å². The molecule has 2 aliphatic heterocycles. The molecule has 1 saturated carbocycles. The summed E-state index contributed by atoms with van der Waals surface area (Å²) in [4.78, 5) is 19.4. The molecule has 5 rings (SSSR count). The van der Waals surface area contributed by atoms with Gasteiger partial charge in [-0.15, -0.1) is 0 Å². The molecule has 31 heavy (non-hydrogen) atoms. The SMILES string of the molecule is O=C(c1ccc(F)c(F)c1)N1CCC(CC2CC2)(c2noc(C3CCOCC3)n2)CC1. The van der Waals surface area contributed by atoms with Crippen LogP contribution in [-0.4, -0.2) is 47.3 Å². The maximum Gasteiger partial charge on any atom is 0.253 e. The summed E-state index contributed by atoms with van der Waals surface area (Å²) in [6, 6.07) is 3.32. The molecule has 2 saturated heterocycles. The average Bonchev–Trinajstić information content (AvgIpc) is 3.46. The van der Waals surface area contributed by atoms with Crippen molar-refractivity contribution in [2.75, 3.05) is 26.3 Å². The van der Waals surface area contributed by atoms with E-state index < -0.39 is 11.6 Å². The predicted octanol–water partition coefficient (Wildman–Crippen LogP) is 4.22. The summed E-state index contributed by atoms with van der Waals surface area (Å²) in [6.07, 6.45) is 6.74. The van der Waals surface area contributed by atoms with Crippen LogP contribution >= 0.6 is 0 Å². The zero-order chi connectivity index (χ0) is 21.4. The lowest BCUT2D eigenvalue weighted by Crippen LogP contribution is -2.46. The van der Waals surface area contributed by atoms with E-state index in [1.165, 1.54) is 18.9 Å². The van der Waals surface area contributed by atoms with Crippen molar-refractivity contribution in [2.45, 2.75) is 56.3 Å². The number of carbonyl (C=O) groups excluding carboxylic acids is 1. The Hall–Kier alpha value is -2.35. The maximum atomic E-state index is 13.6. The number of hydrogen-bond donors (Lipinski definition) is 0. The van der Waals surface area contributed by atoms with Gasteiger partial charge in [-0.3, -0.25) is 4.79 Å². The molecule has 1 aromatic heterocycles.